The maximum Gasteiger partial charge on any atom is 0.133 e. The van der Waals surface area contributed by atoms with Crippen molar-refractivity contribution in [2.24, 2.45) is 5.73 Å². The summed E-state index contributed by atoms with van der Waals surface area (Å²) in [6.45, 7) is 0.499. The summed E-state index contributed by atoms with van der Waals surface area (Å²) < 4.78 is 26.7. The SMILES string of the molecule is CN(Cc1ccc(F)c(C(N)=S)c1)c1cccc(F)c1. The summed E-state index contributed by atoms with van der Waals surface area (Å²) in [5, 5.41) is 0. The van der Waals surface area contributed by atoms with E-state index in [-0.39, 0.29) is 16.4 Å². The number of hydrogen-bond donors (Lipinski definition) is 1. The molecule has 0 aromatic heterocycles. The summed E-state index contributed by atoms with van der Waals surface area (Å²) in [6, 6.07) is 10.9. The Kier molecular flexibility index (Phi) is 4.29. The number of anilines is 1. The fourth-order valence-corrected chi connectivity index (χ4v) is 2.09. The van der Waals surface area contributed by atoms with Crippen LogP contribution in [0.15, 0.2) is 42.5 Å². The Balaban J connectivity index is 2.22. The van der Waals surface area contributed by atoms with Gasteiger partial charge in [0.25, 0.3) is 0 Å². The predicted octanol–water partition coefficient (Wildman–Crippen LogP) is 3.24. The van der Waals surface area contributed by atoms with E-state index >= 15 is 0 Å². The molecule has 2 aromatic carbocycles. The van der Waals surface area contributed by atoms with Crippen molar-refractivity contribution >= 4 is 22.9 Å². The number of thiocarbonyl (C=S) groups is 1. The van der Waals surface area contributed by atoms with Crippen molar-refractivity contribution in [1.82, 2.24) is 0 Å². The minimum atomic E-state index is -0.436. The highest BCUT2D eigenvalue weighted by atomic mass is 32.1. The second kappa shape index (κ2) is 5.96. The van der Waals surface area contributed by atoms with Crippen LogP contribution >= 0.6 is 12.2 Å². The first kappa shape index (κ1) is 14.4. The van der Waals surface area contributed by atoms with E-state index in [0.717, 1.165) is 11.3 Å². The average molecular weight is 292 g/mol. The van der Waals surface area contributed by atoms with E-state index in [9.17, 15) is 8.78 Å². The Morgan fingerprint density at radius 3 is 2.60 bits per heavy atom. The summed E-state index contributed by atoms with van der Waals surface area (Å²) in [4.78, 5) is 1.89. The van der Waals surface area contributed by atoms with Crippen molar-refractivity contribution < 1.29 is 8.78 Å². The lowest BCUT2D eigenvalue weighted by molar-refractivity contribution is 0.624. The van der Waals surface area contributed by atoms with Crippen molar-refractivity contribution in [2.45, 2.75) is 6.54 Å². The summed E-state index contributed by atoms with van der Waals surface area (Å²) in [7, 11) is 1.83. The molecule has 0 atom stereocenters. The minimum absolute atomic E-state index is 0.0257. The normalized spacial score (nSPS) is 10.3. The van der Waals surface area contributed by atoms with Gasteiger partial charge in [-0.15, -0.1) is 0 Å². The highest BCUT2D eigenvalue weighted by Crippen LogP contribution is 2.18. The van der Waals surface area contributed by atoms with Gasteiger partial charge in [-0.05, 0) is 35.9 Å². The van der Waals surface area contributed by atoms with E-state index in [1.165, 1.54) is 18.2 Å². The van der Waals surface area contributed by atoms with Crippen LogP contribution in [0.4, 0.5) is 14.5 Å². The van der Waals surface area contributed by atoms with Crippen molar-refractivity contribution in [3.05, 3.63) is 65.2 Å². The fourth-order valence-electron chi connectivity index (χ4n) is 1.94. The van der Waals surface area contributed by atoms with Gasteiger partial charge in [-0.1, -0.05) is 24.4 Å². The van der Waals surface area contributed by atoms with Gasteiger partial charge in [0.1, 0.15) is 16.6 Å². The average Bonchev–Trinajstić information content (AvgIpc) is 2.40. The van der Waals surface area contributed by atoms with Crippen LogP contribution < -0.4 is 10.6 Å². The van der Waals surface area contributed by atoms with Crippen LogP contribution in [0, 0.1) is 11.6 Å². The van der Waals surface area contributed by atoms with Crippen molar-refractivity contribution in [3.8, 4) is 0 Å². The van der Waals surface area contributed by atoms with Crippen LogP contribution in [0.2, 0.25) is 0 Å². The predicted molar refractivity (Wildman–Crippen MR) is 80.8 cm³/mol. The third-order valence-electron chi connectivity index (χ3n) is 2.96. The van der Waals surface area contributed by atoms with Gasteiger partial charge in [-0.25, -0.2) is 8.78 Å². The van der Waals surface area contributed by atoms with E-state index in [1.807, 2.05) is 11.9 Å². The zero-order valence-electron chi connectivity index (χ0n) is 10.9. The second-order valence-electron chi connectivity index (χ2n) is 4.51. The maximum atomic E-state index is 13.5. The van der Waals surface area contributed by atoms with Crippen LogP contribution in [-0.4, -0.2) is 12.0 Å². The summed E-state index contributed by atoms with van der Waals surface area (Å²) in [6.07, 6.45) is 0. The van der Waals surface area contributed by atoms with Gasteiger partial charge in [-0.2, -0.15) is 0 Å². The minimum Gasteiger partial charge on any atom is -0.389 e. The van der Waals surface area contributed by atoms with E-state index in [0.29, 0.717) is 6.54 Å². The molecule has 0 heterocycles. The number of rotatable bonds is 4. The lowest BCUT2D eigenvalue weighted by atomic mass is 10.1. The zero-order valence-corrected chi connectivity index (χ0v) is 11.8. The third-order valence-corrected chi connectivity index (χ3v) is 3.18. The molecule has 0 radical (unpaired) electrons. The molecular weight excluding hydrogens is 278 g/mol. The monoisotopic (exact) mass is 292 g/mol. The maximum absolute atomic E-state index is 13.5. The molecule has 2 aromatic rings. The van der Waals surface area contributed by atoms with E-state index < -0.39 is 5.82 Å². The number of nitrogens with zero attached hydrogens (tertiary/aromatic N) is 1. The van der Waals surface area contributed by atoms with Gasteiger partial charge in [0, 0.05) is 24.8 Å². The standard InChI is InChI=1S/C15H14F2N2S/c1-19(12-4-2-3-11(16)8-12)9-10-5-6-14(17)13(7-10)15(18)20/h2-8H,9H2,1H3,(H2,18,20). The summed E-state index contributed by atoms with van der Waals surface area (Å²) >= 11 is 4.81. The van der Waals surface area contributed by atoms with Gasteiger partial charge in [0.15, 0.2) is 0 Å². The quantitative estimate of drug-likeness (QED) is 0.877. The van der Waals surface area contributed by atoms with Crippen LogP contribution in [0.25, 0.3) is 0 Å². The number of nitrogens with two attached hydrogens (primary N) is 1. The second-order valence-corrected chi connectivity index (χ2v) is 4.95. The Labute approximate surface area is 121 Å². The van der Waals surface area contributed by atoms with Gasteiger partial charge in [0.05, 0.1) is 0 Å². The summed E-state index contributed by atoms with van der Waals surface area (Å²) in [5.74, 6) is -0.730. The molecule has 20 heavy (non-hydrogen) atoms. The van der Waals surface area contributed by atoms with Crippen LogP contribution in [-0.2, 0) is 6.54 Å². The first-order valence-electron chi connectivity index (χ1n) is 6.02. The summed E-state index contributed by atoms with van der Waals surface area (Å²) in [5.41, 5.74) is 7.29. The van der Waals surface area contributed by atoms with E-state index in [1.54, 1.807) is 24.3 Å². The largest absolute Gasteiger partial charge is 0.389 e. The van der Waals surface area contributed by atoms with E-state index in [2.05, 4.69) is 0 Å². The Morgan fingerprint density at radius 1 is 1.20 bits per heavy atom. The molecule has 2 nitrogen and oxygen atoms in total. The Bertz CT molecular complexity index is 644. The lowest BCUT2D eigenvalue weighted by Crippen LogP contribution is -2.18. The molecule has 0 spiro atoms. The van der Waals surface area contributed by atoms with Gasteiger partial charge >= 0.3 is 0 Å². The molecule has 0 saturated carbocycles. The first-order valence-corrected chi connectivity index (χ1v) is 6.43. The first-order chi connectivity index (χ1) is 9.47. The fraction of sp³-hybridized carbons (Fsp3) is 0.133. The molecule has 0 aliphatic heterocycles. The molecular formula is C15H14F2N2S. The lowest BCUT2D eigenvalue weighted by Gasteiger charge is -2.20. The molecule has 0 amide bonds. The molecule has 104 valence electrons. The van der Waals surface area contributed by atoms with Crippen molar-refractivity contribution in [1.29, 1.82) is 0 Å². The number of benzene rings is 2. The third kappa shape index (κ3) is 3.30. The molecule has 2 N–H and O–H groups in total. The van der Waals surface area contributed by atoms with Gasteiger partial charge < -0.3 is 10.6 Å². The molecule has 0 aliphatic rings. The van der Waals surface area contributed by atoms with Crippen LogP contribution in [0.5, 0.6) is 0 Å². The van der Waals surface area contributed by atoms with Gasteiger partial charge in [0.2, 0.25) is 0 Å². The smallest absolute Gasteiger partial charge is 0.133 e. The highest BCUT2D eigenvalue weighted by Gasteiger charge is 2.08. The molecule has 0 bridgehead atoms. The van der Waals surface area contributed by atoms with E-state index in [4.69, 9.17) is 18.0 Å². The number of hydrogen-bond acceptors (Lipinski definition) is 2. The van der Waals surface area contributed by atoms with Crippen LogP contribution in [0.1, 0.15) is 11.1 Å². The zero-order chi connectivity index (χ0) is 14.7. The highest BCUT2D eigenvalue weighted by molar-refractivity contribution is 7.80. The Hall–Kier alpha value is -2.01. The molecule has 2 rings (SSSR count). The van der Waals surface area contributed by atoms with Gasteiger partial charge in [-0.3, -0.25) is 0 Å². The molecule has 5 heteroatoms. The molecule has 0 aliphatic carbocycles. The van der Waals surface area contributed by atoms with Crippen molar-refractivity contribution in [2.75, 3.05) is 11.9 Å². The van der Waals surface area contributed by atoms with Crippen LogP contribution in [0.3, 0.4) is 0 Å². The molecule has 0 fully saturated rings. The molecule has 0 saturated heterocycles. The Morgan fingerprint density at radius 2 is 1.95 bits per heavy atom. The topological polar surface area (TPSA) is 29.3 Å². The number of halogens is 2. The molecule has 0 unspecified atom stereocenters. The van der Waals surface area contributed by atoms with Crippen molar-refractivity contribution in [3.63, 3.8) is 0 Å².